The third-order valence-electron chi connectivity index (χ3n) is 4.82. The third-order valence-corrected chi connectivity index (χ3v) is 9.24. The highest BCUT2D eigenvalue weighted by Crippen LogP contribution is 2.39. The summed E-state index contributed by atoms with van der Waals surface area (Å²) in [6, 6.07) is 5.95. The fourth-order valence-electron chi connectivity index (χ4n) is 3.45. The molecular formula is C19H21Cl2N3O4S3. The van der Waals surface area contributed by atoms with Crippen molar-refractivity contribution >= 4 is 56.7 Å². The molecule has 0 saturated carbocycles. The van der Waals surface area contributed by atoms with E-state index in [1.807, 2.05) is 6.92 Å². The molecule has 0 amide bonds. The van der Waals surface area contributed by atoms with Crippen LogP contribution >= 0.6 is 46.7 Å². The maximum Gasteiger partial charge on any atom is 0.294 e. The molecule has 1 atom stereocenters. The number of phenols is 2. The highest BCUT2D eigenvalue weighted by atomic mass is 35.5. The molecule has 0 aliphatic carbocycles. The van der Waals surface area contributed by atoms with Gasteiger partial charge in [-0.15, -0.1) is 28.1 Å². The Bertz CT molecular complexity index is 1250. The number of fused-ring (bicyclic) bond motifs is 1. The van der Waals surface area contributed by atoms with Gasteiger partial charge in [-0.2, -0.15) is 8.42 Å². The van der Waals surface area contributed by atoms with Crippen LogP contribution in [0.4, 0.5) is 0 Å². The summed E-state index contributed by atoms with van der Waals surface area (Å²) in [5, 5.41) is 25.3. The lowest BCUT2D eigenvalue weighted by Crippen LogP contribution is -2.30. The molecule has 1 aliphatic heterocycles. The average molecular weight is 523 g/mol. The van der Waals surface area contributed by atoms with E-state index in [-0.39, 0.29) is 34.2 Å². The molecule has 1 aliphatic rings. The van der Waals surface area contributed by atoms with Gasteiger partial charge in [0.05, 0.1) is 10.9 Å². The molecule has 0 bridgehead atoms. The van der Waals surface area contributed by atoms with Gasteiger partial charge in [0, 0.05) is 13.1 Å². The SMILES string of the molecule is CCCn1c(Cl)c(C2NCCc3cc(O)c(O)cc32)sc1=NS(=O)(=O)c1cccs1.Cl. The summed E-state index contributed by atoms with van der Waals surface area (Å²) in [6.07, 6.45) is 1.45. The molecule has 7 nitrogen and oxygen atoms in total. The second kappa shape index (κ2) is 9.51. The van der Waals surface area contributed by atoms with Gasteiger partial charge in [0.2, 0.25) is 4.80 Å². The average Bonchev–Trinajstić information content (AvgIpc) is 3.34. The van der Waals surface area contributed by atoms with E-state index in [1.165, 1.54) is 23.5 Å². The Morgan fingerprint density at radius 3 is 2.74 bits per heavy atom. The Morgan fingerprint density at radius 1 is 1.32 bits per heavy atom. The number of sulfonamides is 1. The van der Waals surface area contributed by atoms with Crippen molar-refractivity contribution < 1.29 is 18.6 Å². The van der Waals surface area contributed by atoms with Crippen LogP contribution in [0, 0.1) is 0 Å². The third kappa shape index (κ3) is 4.64. The zero-order chi connectivity index (χ0) is 21.5. The maximum atomic E-state index is 12.7. The minimum Gasteiger partial charge on any atom is -0.504 e. The quantitative estimate of drug-likeness (QED) is 0.439. The van der Waals surface area contributed by atoms with Gasteiger partial charge in [0.1, 0.15) is 9.36 Å². The Morgan fingerprint density at radius 2 is 2.06 bits per heavy atom. The van der Waals surface area contributed by atoms with Gasteiger partial charge < -0.3 is 20.1 Å². The molecule has 4 rings (SSSR count). The number of nitrogens with zero attached hydrogens (tertiary/aromatic N) is 2. The van der Waals surface area contributed by atoms with E-state index >= 15 is 0 Å². The van der Waals surface area contributed by atoms with Crippen LogP contribution < -0.4 is 10.1 Å². The van der Waals surface area contributed by atoms with Crippen molar-refractivity contribution in [3.05, 3.63) is 55.6 Å². The fourth-order valence-corrected chi connectivity index (χ4v) is 7.20. The molecule has 3 aromatic rings. The van der Waals surface area contributed by atoms with Gasteiger partial charge in [-0.3, -0.25) is 0 Å². The molecule has 0 saturated heterocycles. The molecule has 0 radical (unpaired) electrons. The molecule has 3 heterocycles. The number of aromatic nitrogens is 1. The van der Waals surface area contributed by atoms with Crippen molar-refractivity contribution in [1.82, 2.24) is 9.88 Å². The van der Waals surface area contributed by atoms with E-state index in [2.05, 4.69) is 9.71 Å². The predicted molar refractivity (Wildman–Crippen MR) is 125 cm³/mol. The molecule has 168 valence electrons. The first kappa shape index (κ1) is 24.1. The number of nitrogens with one attached hydrogen (secondary N) is 1. The van der Waals surface area contributed by atoms with E-state index in [4.69, 9.17) is 11.6 Å². The molecule has 0 fully saturated rings. The lowest BCUT2D eigenvalue weighted by atomic mass is 9.93. The molecule has 31 heavy (non-hydrogen) atoms. The van der Waals surface area contributed by atoms with Gasteiger partial charge in [-0.25, -0.2) is 0 Å². The first-order valence-electron chi connectivity index (χ1n) is 9.33. The Kier molecular flexibility index (Phi) is 7.39. The van der Waals surface area contributed by atoms with Gasteiger partial charge in [-0.05, 0) is 47.5 Å². The number of benzene rings is 1. The van der Waals surface area contributed by atoms with E-state index in [0.29, 0.717) is 29.5 Å². The summed E-state index contributed by atoms with van der Waals surface area (Å²) < 4.78 is 31.4. The number of rotatable bonds is 5. The first-order chi connectivity index (χ1) is 14.3. The molecule has 1 unspecified atom stereocenters. The number of hydrogen-bond acceptors (Lipinski definition) is 7. The second-order valence-electron chi connectivity index (χ2n) is 6.87. The van der Waals surface area contributed by atoms with E-state index < -0.39 is 10.0 Å². The van der Waals surface area contributed by atoms with Crippen LogP contribution in [-0.2, 0) is 23.0 Å². The molecule has 3 N–H and O–H groups in total. The zero-order valence-corrected chi connectivity index (χ0v) is 20.4. The largest absolute Gasteiger partial charge is 0.504 e. The molecule has 0 spiro atoms. The monoisotopic (exact) mass is 521 g/mol. The van der Waals surface area contributed by atoms with Crippen molar-refractivity contribution in [2.24, 2.45) is 4.40 Å². The minimum atomic E-state index is -3.84. The summed E-state index contributed by atoms with van der Waals surface area (Å²) in [6.45, 7) is 3.16. The normalized spacial score (nSPS) is 16.7. The van der Waals surface area contributed by atoms with Crippen LogP contribution in [0.3, 0.4) is 0 Å². The van der Waals surface area contributed by atoms with Crippen LogP contribution in [0.15, 0.2) is 38.3 Å². The predicted octanol–water partition coefficient (Wildman–Crippen LogP) is 4.03. The highest BCUT2D eigenvalue weighted by molar-refractivity contribution is 7.92. The Hall–Kier alpha value is -1.56. The van der Waals surface area contributed by atoms with Gasteiger partial charge in [0.25, 0.3) is 10.0 Å². The topological polar surface area (TPSA) is 104 Å². The van der Waals surface area contributed by atoms with Crippen molar-refractivity contribution in [2.75, 3.05) is 6.54 Å². The van der Waals surface area contributed by atoms with Crippen molar-refractivity contribution in [3.63, 3.8) is 0 Å². The number of phenolic OH excluding ortho intramolecular Hbond substituents is 2. The van der Waals surface area contributed by atoms with E-state index in [9.17, 15) is 18.6 Å². The summed E-state index contributed by atoms with van der Waals surface area (Å²) in [5.74, 6) is -0.368. The number of halogens is 2. The lowest BCUT2D eigenvalue weighted by molar-refractivity contribution is 0.400. The van der Waals surface area contributed by atoms with Gasteiger partial charge in [0.15, 0.2) is 11.5 Å². The second-order valence-corrected chi connectivity index (χ2v) is 11.0. The molecule has 12 heteroatoms. The van der Waals surface area contributed by atoms with Crippen LogP contribution in [0.5, 0.6) is 11.5 Å². The maximum absolute atomic E-state index is 12.7. The van der Waals surface area contributed by atoms with Crippen molar-refractivity contribution in [2.45, 2.75) is 36.6 Å². The Labute approximate surface area is 199 Å². The zero-order valence-electron chi connectivity index (χ0n) is 16.4. The van der Waals surface area contributed by atoms with Gasteiger partial charge >= 0.3 is 0 Å². The minimum absolute atomic E-state index is 0. The number of hydrogen-bond donors (Lipinski definition) is 3. The van der Waals surface area contributed by atoms with Crippen molar-refractivity contribution in [1.29, 1.82) is 0 Å². The molecule has 1 aromatic carbocycles. The van der Waals surface area contributed by atoms with E-state index in [1.54, 1.807) is 22.1 Å². The van der Waals surface area contributed by atoms with Crippen LogP contribution in [0.25, 0.3) is 0 Å². The van der Waals surface area contributed by atoms with Crippen molar-refractivity contribution in [3.8, 4) is 11.5 Å². The number of thiazole rings is 1. The first-order valence-corrected chi connectivity index (χ1v) is 12.8. The van der Waals surface area contributed by atoms with Crippen LogP contribution in [0.1, 0.15) is 35.4 Å². The van der Waals surface area contributed by atoms with E-state index in [0.717, 1.165) is 33.8 Å². The molecule has 2 aromatic heterocycles. The van der Waals surface area contributed by atoms with Crippen LogP contribution in [0.2, 0.25) is 5.15 Å². The summed E-state index contributed by atoms with van der Waals surface area (Å²) in [5.41, 5.74) is 1.71. The van der Waals surface area contributed by atoms with Crippen LogP contribution in [-0.4, -0.2) is 29.7 Å². The smallest absolute Gasteiger partial charge is 0.294 e. The summed E-state index contributed by atoms with van der Waals surface area (Å²) in [7, 11) is -3.84. The number of thiophene rings is 1. The highest BCUT2D eigenvalue weighted by Gasteiger charge is 2.28. The lowest BCUT2D eigenvalue weighted by Gasteiger charge is -2.26. The standard InChI is InChI=1S/C19H20ClN3O4S3.ClH/c1-2-7-23-18(20)17(29-19(23)22-30(26,27)15-4-3-8-28-15)16-12-10-14(25)13(24)9-11(12)5-6-21-16;/h3-4,8-10,16,21,24-25H,2,5-7H2,1H3;1H. The summed E-state index contributed by atoms with van der Waals surface area (Å²) >= 11 is 9.03. The summed E-state index contributed by atoms with van der Waals surface area (Å²) in [4.78, 5) is 1.03. The van der Waals surface area contributed by atoms with Gasteiger partial charge in [-0.1, -0.05) is 35.9 Å². The number of aromatic hydroxyl groups is 2. The Balaban J connectivity index is 0.00000272. The molecular weight excluding hydrogens is 501 g/mol. The fraction of sp³-hybridized carbons (Fsp3) is 0.316.